The van der Waals surface area contributed by atoms with Crippen LogP contribution in [0.25, 0.3) is 10.8 Å². The number of thioether (sulfide) groups is 1. The summed E-state index contributed by atoms with van der Waals surface area (Å²) in [7, 11) is 3.33. The molecule has 0 bridgehead atoms. The molecule has 1 aromatic heterocycles. The van der Waals surface area contributed by atoms with E-state index in [0.717, 1.165) is 22.9 Å². The number of tetrazole rings is 1. The highest BCUT2D eigenvalue weighted by Crippen LogP contribution is 2.39. The van der Waals surface area contributed by atoms with Gasteiger partial charge < -0.3 is 20.5 Å². The molecule has 0 saturated carbocycles. The molecule has 10 nitrogen and oxygen atoms in total. The number of aryl methyl sites for hydroxylation is 2. The molecule has 4 aromatic rings. The summed E-state index contributed by atoms with van der Waals surface area (Å²) in [5, 5.41) is 22.8. The molecule has 0 fully saturated rings. The molecule has 0 radical (unpaired) electrons. The standard InChI is InChI=1S/C23H22N6O4S/c1-13-8-9-18(14(10-13)12-28(2)23(32)34-22-25-26-27-29(22)3)33-19-11-17(21(24)31)20(30)16-7-5-4-6-15(16)19/h4-11,30H,12H2,1-3H3,(H2,24,31). The molecule has 0 aliphatic rings. The third-order valence-electron chi connectivity index (χ3n) is 5.16. The maximum atomic E-state index is 12.7. The number of aromatic hydroxyl groups is 1. The fourth-order valence-corrected chi connectivity index (χ4v) is 4.06. The molecule has 4 rings (SSSR count). The van der Waals surface area contributed by atoms with Crippen molar-refractivity contribution >= 4 is 33.7 Å². The Morgan fingerprint density at radius 1 is 1.15 bits per heavy atom. The summed E-state index contributed by atoms with van der Waals surface area (Å²) in [6, 6.07) is 14.1. The molecule has 3 N–H and O–H groups in total. The van der Waals surface area contributed by atoms with Gasteiger partial charge in [0.05, 0.1) is 5.56 Å². The number of benzene rings is 3. The van der Waals surface area contributed by atoms with E-state index in [4.69, 9.17) is 10.5 Å². The Labute approximate surface area is 199 Å². The molecule has 0 atom stereocenters. The minimum Gasteiger partial charge on any atom is -0.506 e. The summed E-state index contributed by atoms with van der Waals surface area (Å²) in [5.74, 6) is -0.0966. The van der Waals surface area contributed by atoms with Gasteiger partial charge in [-0.3, -0.25) is 9.59 Å². The topological polar surface area (TPSA) is 136 Å². The molecule has 0 unspecified atom stereocenters. The summed E-state index contributed by atoms with van der Waals surface area (Å²) in [5.41, 5.74) is 7.17. The lowest BCUT2D eigenvalue weighted by Gasteiger charge is -2.20. The number of ether oxygens (including phenoxy) is 1. The van der Waals surface area contributed by atoms with Crippen molar-refractivity contribution < 1.29 is 19.4 Å². The Hall–Kier alpha value is -4.12. The predicted octanol–water partition coefficient (Wildman–Crippen LogP) is 3.61. The fourth-order valence-electron chi connectivity index (χ4n) is 3.43. The zero-order valence-corrected chi connectivity index (χ0v) is 19.5. The van der Waals surface area contributed by atoms with Gasteiger partial charge in [0.15, 0.2) is 0 Å². The molecule has 0 aliphatic heterocycles. The third kappa shape index (κ3) is 4.64. The first-order chi connectivity index (χ1) is 16.2. The number of hydrogen-bond acceptors (Lipinski definition) is 8. The Balaban J connectivity index is 1.66. The zero-order valence-electron chi connectivity index (χ0n) is 18.7. The van der Waals surface area contributed by atoms with E-state index in [2.05, 4.69) is 15.5 Å². The monoisotopic (exact) mass is 478 g/mol. The van der Waals surface area contributed by atoms with Gasteiger partial charge >= 0.3 is 0 Å². The van der Waals surface area contributed by atoms with E-state index in [9.17, 15) is 14.7 Å². The van der Waals surface area contributed by atoms with Crippen molar-refractivity contribution in [3.63, 3.8) is 0 Å². The first kappa shape index (κ1) is 23.1. The van der Waals surface area contributed by atoms with Crippen molar-refractivity contribution in [3.8, 4) is 17.2 Å². The number of carbonyl (C=O) groups is 2. The van der Waals surface area contributed by atoms with E-state index in [0.29, 0.717) is 27.4 Å². The number of amides is 2. The second-order valence-electron chi connectivity index (χ2n) is 7.70. The van der Waals surface area contributed by atoms with Crippen LogP contribution in [0.2, 0.25) is 0 Å². The average molecular weight is 479 g/mol. The van der Waals surface area contributed by atoms with Gasteiger partial charge in [0, 0.05) is 48.7 Å². The van der Waals surface area contributed by atoms with Crippen molar-refractivity contribution in [3.05, 3.63) is 65.2 Å². The first-order valence-electron chi connectivity index (χ1n) is 10.2. The van der Waals surface area contributed by atoms with Gasteiger partial charge in [0.1, 0.15) is 17.2 Å². The van der Waals surface area contributed by atoms with Crippen LogP contribution in [-0.4, -0.2) is 48.4 Å². The molecule has 34 heavy (non-hydrogen) atoms. The van der Waals surface area contributed by atoms with E-state index >= 15 is 0 Å². The highest BCUT2D eigenvalue weighted by Gasteiger charge is 2.20. The summed E-state index contributed by atoms with van der Waals surface area (Å²) in [4.78, 5) is 26.1. The molecule has 2 amide bonds. The first-order valence-corrected chi connectivity index (χ1v) is 11.0. The van der Waals surface area contributed by atoms with E-state index in [1.54, 1.807) is 44.4 Å². The van der Waals surface area contributed by atoms with Gasteiger partial charge in [0.2, 0.25) is 5.16 Å². The predicted molar refractivity (Wildman–Crippen MR) is 127 cm³/mol. The molecule has 11 heteroatoms. The lowest BCUT2D eigenvalue weighted by Crippen LogP contribution is -2.22. The molecule has 0 saturated heterocycles. The van der Waals surface area contributed by atoms with Crippen LogP contribution in [0, 0.1) is 6.92 Å². The summed E-state index contributed by atoms with van der Waals surface area (Å²) in [6.45, 7) is 2.20. The van der Waals surface area contributed by atoms with E-state index in [-0.39, 0.29) is 23.1 Å². The molecule has 174 valence electrons. The van der Waals surface area contributed by atoms with Gasteiger partial charge in [-0.05, 0) is 29.5 Å². The number of nitrogens with two attached hydrogens (primary N) is 1. The lowest BCUT2D eigenvalue weighted by atomic mass is 10.0. The van der Waals surface area contributed by atoms with Crippen LogP contribution in [0.4, 0.5) is 4.79 Å². The molecule has 3 aromatic carbocycles. The average Bonchev–Trinajstić information content (AvgIpc) is 3.21. The second kappa shape index (κ2) is 9.40. The largest absolute Gasteiger partial charge is 0.506 e. The fraction of sp³-hybridized carbons (Fsp3) is 0.174. The number of rotatable bonds is 6. The minimum absolute atomic E-state index is 0.0386. The minimum atomic E-state index is -0.766. The smallest absolute Gasteiger partial charge is 0.289 e. The van der Waals surface area contributed by atoms with Crippen LogP contribution in [-0.2, 0) is 13.6 Å². The summed E-state index contributed by atoms with van der Waals surface area (Å²) >= 11 is 0.921. The highest BCUT2D eigenvalue weighted by atomic mass is 32.2. The van der Waals surface area contributed by atoms with Gasteiger partial charge in [-0.2, -0.15) is 0 Å². The Morgan fingerprint density at radius 2 is 1.88 bits per heavy atom. The van der Waals surface area contributed by atoms with Crippen molar-refractivity contribution in [1.82, 2.24) is 25.1 Å². The summed E-state index contributed by atoms with van der Waals surface area (Å²) in [6.07, 6.45) is 0. The third-order valence-corrected chi connectivity index (χ3v) is 6.17. The number of carbonyl (C=O) groups excluding carboxylic acids is 2. The number of phenols is 1. The van der Waals surface area contributed by atoms with Crippen molar-refractivity contribution in [2.24, 2.45) is 12.8 Å². The highest BCUT2D eigenvalue weighted by molar-refractivity contribution is 8.13. The lowest BCUT2D eigenvalue weighted by molar-refractivity contribution is 0.0997. The number of aromatic nitrogens is 4. The Bertz CT molecular complexity index is 1400. The van der Waals surface area contributed by atoms with Gasteiger partial charge in [-0.15, -0.1) is 5.10 Å². The number of hydrogen-bond donors (Lipinski definition) is 2. The Kier molecular flexibility index (Phi) is 6.37. The maximum absolute atomic E-state index is 12.7. The van der Waals surface area contributed by atoms with Crippen LogP contribution in [0.3, 0.4) is 0 Å². The zero-order chi connectivity index (χ0) is 24.4. The van der Waals surface area contributed by atoms with Crippen molar-refractivity contribution in [2.45, 2.75) is 18.6 Å². The van der Waals surface area contributed by atoms with E-state index in [1.165, 1.54) is 15.6 Å². The molecule has 0 aliphatic carbocycles. The number of fused-ring (bicyclic) bond motifs is 1. The quantitative estimate of drug-likeness (QED) is 0.401. The number of nitrogens with zero attached hydrogens (tertiary/aromatic N) is 5. The van der Waals surface area contributed by atoms with Crippen LogP contribution < -0.4 is 10.5 Å². The van der Waals surface area contributed by atoms with Crippen LogP contribution >= 0.6 is 11.8 Å². The number of primary amides is 1. The van der Waals surface area contributed by atoms with E-state index in [1.807, 2.05) is 19.1 Å². The van der Waals surface area contributed by atoms with Crippen molar-refractivity contribution in [1.29, 1.82) is 0 Å². The van der Waals surface area contributed by atoms with Crippen LogP contribution in [0.1, 0.15) is 21.5 Å². The van der Waals surface area contributed by atoms with Crippen molar-refractivity contribution in [2.75, 3.05) is 7.05 Å². The van der Waals surface area contributed by atoms with Crippen LogP contribution in [0.5, 0.6) is 17.2 Å². The van der Waals surface area contributed by atoms with Crippen LogP contribution in [0.15, 0.2) is 53.7 Å². The summed E-state index contributed by atoms with van der Waals surface area (Å²) < 4.78 is 7.65. The molecular weight excluding hydrogens is 456 g/mol. The van der Waals surface area contributed by atoms with Gasteiger partial charge in [-0.1, -0.05) is 42.0 Å². The molecular formula is C23H22N6O4S. The second-order valence-corrected chi connectivity index (χ2v) is 8.62. The molecule has 0 spiro atoms. The Morgan fingerprint density at radius 3 is 2.56 bits per heavy atom. The molecule has 1 heterocycles. The SMILES string of the molecule is Cc1ccc(Oc2cc(C(N)=O)c(O)c3ccccc23)c(CN(C)C(=O)Sc2nnnn2C)c1. The maximum Gasteiger partial charge on any atom is 0.289 e. The van der Waals surface area contributed by atoms with Gasteiger partial charge in [-0.25, -0.2) is 4.68 Å². The van der Waals surface area contributed by atoms with Gasteiger partial charge in [0.25, 0.3) is 11.1 Å². The normalized spacial score (nSPS) is 10.9. The van der Waals surface area contributed by atoms with E-state index < -0.39 is 5.91 Å².